The van der Waals surface area contributed by atoms with E-state index in [9.17, 15) is 27.2 Å². The van der Waals surface area contributed by atoms with Gasteiger partial charge in [0.05, 0.1) is 22.2 Å². The molecule has 9 heteroatoms. The van der Waals surface area contributed by atoms with Crippen LogP contribution >= 0.6 is 23.2 Å². The maximum absolute atomic E-state index is 14.2. The topological polar surface area (TPSA) is 43.4 Å². The van der Waals surface area contributed by atoms with Gasteiger partial charge < -0.3 is 4.74 Å². The number of ether oxygens (including phenoxy) is 1. The quantitative estimate of drug-likeness (QED) is 0.0952. The van der Waals surface area contributed by atoms with Gasteiger partial charge in [0.2, 0.25) is 5.78 Å². The van der Waals surface area contributed by atoms with E-state index in [-0.39, 0.29) is 12.2 Å². The summed E-state index contributed by atoms with van der Waals surface area (Å²) < 4.78 is 59.6. The van der Waals surface area contributed by atoms with Crippen molar-refractivity contribution in [3.8, 4) is 0 Å². The molecular weight excluding hydrogens is 411 g/mol. The summed E-state index contributed by atoms with van der Waals surface area (Å²) in [4.78, 5) is 24.8. The molecule has 0 saturated carbocycles. The van der Waals surface area contributed by atoms with Crippen LogP contribution < -0.4 is 0 Å². The third kappa shape index (κ3) is 4.48. The molecule has 0 N–H and O–H groups in total. The third-order valence-corrected chi connectivity index (χ3v) is 3.97. The second-order valence-electron chi connectivity index (χ2n) is 5.12. The first kappa shape index (κ1) is 20.9. The molecule has 0 fully saturated rings. The number of halogens is 6. The molecule has 0 aliphatic rings. The number of benzene rings is 2. The van der Waals surface area contributed by atoms with Crippen LogP contribution in [0.15, 0.2) is 29.8 Å². The SMILES string of the molecule is CCOC(=O)C(=Cc1ccc(F)cc1F)C(=O)c1c(F)cc(Cl)c(F)c1Cl. The average Bonchev–Trinajstić information content (AvgIpc) is 2.59. The maximum atomic E-state index is 14.2. The van der Waals surface area contributed by atoms with E-state index >= 15 is 0 Å². The predicted octanol–water partition coefficient (Wildman–Crippen LogP) is 5.38. The highest BCUT2D eigenvalue weighted by Gasteiger charge is 2.29. The largest absolute Gasteiger partial charge is 0.462 e. The molecule has 0 amide bonds. The molecule has 2 aromatic rings. The number of Topliss-reactive ketones (excluding diaryl/α,β-unsaturated/α-hetero) is 1. The minimum atomic E-state index is -1.35. The number of carbonyl (C=O) groups is 2. The van der Waals surface area contributed by atoms with Crippen molar-refractivity contribution < 1.29 is 31.9 Å². The Labute approximate surface area is 161 Å². The van der Waals surface area contributed by atoms with Crippen molar-refractivity contribution in [2.45, 2.75) is 6.92 Å². The van der Waals surface area contributed by atoms with Crippen molar-refractivity contribution in [3.05, 3.63) is 74.3 Å². The first-order chi connectivity index (χ1) is 12.7. The van der Waals surface area contributed by atoms with Crippen LogP contribution in [0.5, 0.6) is 0 Å². The zero-order valence-electron chi connectivity index (χ0n) is 13.6. The van der Waals surface area contributed by atoms with Crippen molar-refractivity contribution in [1.82, 2.24) is 0 Å². The van der Waals surface area contributed by atoms with Crippen molar-refractivity contribution in [1.29, 1.82) is 0 Å². The van der Waals surface area contributed by atoms with Crippen LogP contribution in [-0.2, 0) is 9.53 Å². The molecule has 142 valence electrons. The number of hydrogen-bond donors (Lipinski definition) is 0. The van der Waals surface area contributed by atoms with E-state index in [2.05, 4.69) is 0 Å². The fourth-order valence-corrected chi connectivity index (χ4v) is 2.63. The Morgan fingerprint density at radius 3 is 2.33 bits per heavy atom. The maximum Gasteiger partial charge on any atom is 0.342 e. The lowest BCUT2D eigenvalue weighted by molar-refractivity contribution is -0.137. The van der Waals surface area contributed by atoms with Crippen molar-refractivity contribution >= 4 is 41.0 Å². The van der Waals surface area contributed by atoms with Gasteiger partial charge in [-0.1, -0.05) is 23.2 Å². The summed E-state index contributed by atoms with van der Waals surface area (Å²) in [5, 5.41) is -1.61. The standard InChI is InChI=1S/C18H10Cl2F4O3/c1-2-27-18(26)10(5-8-3-4-9(21)6-12(8)22)17(25)14-13(23)7-11(19)16(24)15(14)20/h3-7H,2H2,1H3. The van der Waals surface area contributed by atoms with E-state index in [1.165, 1.54) is 6.92 Å². The van der Waals surface area contributed by atoms with Crippen LogP contribution in [0.2, 0.25) is 10.0 Å². The smallest absolute Gasteiger partial charge is 0.342 e. The Hall–Kier alpha value is -2.38. The number of ketones is 1. The van der Waals surface area contributed by atoms with Crippen molar-refractivity contribution in [3.63, 3.8) is 0 Å². The summed E-state index contributed by atoms with van der Waals surface area (Å²) in [5.41, 5.74) is -2.15. The first-order valence-corrected chi connectivity index (χ1v) is 8.14. The Morgan fingerprint density at radius 2 is 1.74 bits per heavy atom. The first-order valence-electron chi connectivity index (χ1n) is 7.38. The number of carbonyl (C=O) groups excluding carboxylic acids is 2. The molecule has 0 atom stereocenters. The summed E-state index contributed by atoms with van der Waals surface area (Å²) in [6.07, 6.45) is 0.734. The zero-order chi connectivity index (χ0) is 20.3. The van der Waals surface area contributed by atoms with E-state index in [1.807, 2.05) is 0 Å². The van der Waals surface area contributed by atoms with Gasteiger partial charge in [-0.25, -0.2) is 22.4 Å². The molecule has 2 rings (SSSR count). The lowest BCUT2D eigenvalue weighted by Crippen LogP contribution is -2.18. The second kappa shape index (κ2) is 8.54. The van der Waals surface area contributed by atoms with Gasteiger partial charge in [-0.05, 0) is 31.2 Å². The lowest BCUT2D eigenvalue weighted by atomic mass is 10.00. The fraction of sp³-hybridized carbons (Fsp3) is 0.111. The summed E-state index contributed by atoms with van der Waals surface area (Å²) in [6.45, 7) is 1.29. The molecule has 0 heterocycles. The number of hydrogen-bond acceptors (Lipinski definition) is 3. The summed E-state index contributed by atoms with van der Waals surface area (Å²) in [7, 11) is 0. The minimum absolute atomic E-state index is 0.152. The number of rotatable bonds is 5. The Morgan fingerprint density at radius 1 is 1.07 bits per heavy atom. The lowest BCUT2D eigenvalue weighted by Gasteiger charge is -2.10. The van der Waals surface area contributed by atoms with Gasteiger partial charge in [0.15, 0.2) is 5.82 Å². The van der Waals surface area contributed by atoms with Gasteiger partial charge in [0.25, 0.3) is 0 Å². The highest BCUT2D eigenvalue weighted by molar-refractivity contribution is 6.39. The van der Waals surface area contributed by atoms with Crippen LogP contribution in [0.1, 0.15) is 22.8 Å². The van der Waals surface area contributed by atoms with Gasteiger partial charge in [0, 0.05) is 11.6 Å². The molecule has 0 aromatic heterocycles. The van der Waals surface area contributed by atoms with E-state index in [0.717, 1.165) is 18.2 Å². The van der Waals surface area contributed by atoms with E-state index in [0.29, 0.717) is 12.1 Å². The van der Waals surface area contributed by atoms with Crippen LogP contribution in [0.25, 0.3) is 6.08 Å². The molecule has 0 unspecified atom stereocenters. The summed E-state index contributed by atoms with van der Waals surface area (Å²) >= 11 is 11.1. The van der Waals surface area contributed by atoms with E-state index in [1.54, 1.807) is 0 Å². The molecule has 0 spiro atoms. The third-order valence-electron chi connectivity index (χ3n) is 3.34. The highest BCUT2D eigenvalue weighted by Crippen LogP contribution is 2.31. The Balaban J connectivity index is 2.65. The van der Waals surface area contributed by atoms with Crippen LogP contribution in [-0.4, -0.2) is 18.4 Å². The van der Waals surface area contributed by atoms with Gasteiger partial charge in [-0.3, -0.25) is 4.79 Å². The minimum Gasteiger partial charge on any atom is -0.462 e. The van der Waals surface area contributed by atoms with Crippen LogP contribution in [0.4, 0.5) is 17.6 Å². The molecule has 0 bridgehead atoms. The molecule has 0 aliphatic heterocycles. The summed E-state index contributed by atoms with van der Waals surface area (Å²) in [5.74, 6) is -7.10. The molecule has 3 nitrogen and oxygen atoms in total. The normalized spacial score (nSPS) is 11.4. The predicted molar refractivity (Wildman–Crippen MR) is 91.7 cm³/mol. The monoisotopic (exact) mass is 420 g/mol. The van der Waals surface area contributed by atoms with Gasteiger partial charge in [0.1, 0.15) is 23.0 Å². The molecule has 2 aromatic carbocycles. The fourth-order valence-electron chi connectivity index (χ4n) is 2.11. The zero-order valence-corrected chi connectivity index (χ0v) is 15.1. The van der Waals surface area contributed by atoms with E-state index in [4.69, 9.17) is 27.9 Å². The van der Waals surface area contributed by atoms with Crippen LogP contribution in [0, 0.1) is 23.3 Å². The number of esters is 1. The van der Waals surface area contributed by atoms with Crippen molar-refractivity contribution in [2.75, 3.05) is 6.61 Å². The van der Waals surface area contributed by atoms with Crippen molar-refractivity contribution in [2.24, 2.45) is 0 Å². The Bertz CT molecular complexity index is 958. The van der Waals surface area contributed by atoms with Gasteiger partial charge in [-0.2, -0.15) is 0 Å². The van der Waals surface area contributed by atoms with Gasteiger partial charge >= 0.3 is 5.97 Å². The molecule has 27 heavy (non-hydrogen) atoms. The molecular formula is C18H10Cl2F4O3. The Kier molecular flexibility index (Phi) is 6.62. The summed E-state index contributed by atoms with van der Waals surface area (Å²) in [6, 6.07) is 2.88. The van der Waals surface area contributed by atoms with E-state index < -0.39 is 56.2 Å². The van der Waals surface area contributed by atoms with Crippen LogP contribution in [0.3, 0.4) is 0 Å². The molecule has 0 aliphatic carbocycles. The molecule has 0 saturated heterocycles. The second-order valence-corrected chi connectivity index (χ2v) is 5.90. The highest BCUT2D eigenvalue weighted by atomic mass is 35.5. The van der Waals surface area contributed by atoms with Gasteiger partial charge in [-0.15, -0.1) is 0 Å². The average molecular weight is 421 g/mol. The molecule has 0 radical (unpaired) electrons.